The van der Waals surface area contributed by atoms with Crippen molar-refractivity contribution in [2.24, 2.45) is 0 Å². The monoisotopic (exact) mass is 370 g/mol. The first kappa shape index (κ1) is 22.9. The van der Waals surface area contributed by atoms with Gasteiger partial charge in [0.2, 0.25) is 0 Å². The van der Waals surface area contributed by atoms with E-state index in [-0.39, 0.29) is 5.97 Å². The third-order valence-electron chi connectivity index (χ3n) is 5.38. The lowest BCUT2D eigenvalue weighted by molar-refractivity contribution is -0.140. The van der Waals surface area contributed by atoms with E-state index in [4.69, 9.17) is 0 Å². The molecule has 1 fully saturated rings. The second kappa shape index (κ2) is 16.0. The van der Waals surface area contributed by atoms with E-state index in [0.29, 0.717) is 6.42 Å². The summed E-state index contributed by atoms with van der Waals surface area (Å²) in [6.45, 7) is 2.29. The number of rotatable bonds is 18. The molecule has 0 bridgehead atoms. The van der Waals surface area contributed by atoms with Crippen LogP contribution in [0.5, 0.6) is 0 Å². The molecule has 148 valence electrons. The van der Waals surface area contributed by atoms with Crippen molar-refractivity contribution in [2.75, 3.05) is 7.11 Å². The number of ether oxygens (including phenoxy) is 1. The fourth-order valence-electron chi connectivity index (χ4n) is 3.59. The molecule has 0 saturated carbocycles. The van der Waals surface area contributed by atoms with Crippen LogP contribution in [-0.2, 0) is 9.53 Å². The van der Waals surface area contributed by atoms with Gasteiger partial charge in [-0.05, 0) is 19.3 Å². The molecule has 1 rings (SSSR count). The summed E-state index contributed by atoms with van der Waals surface area (Å²) in [6.07, 6.45) is 22.6. The molecule has 0 spiro atoms. The van der Waals surface area contributed by atoms with Crippen LogP contribution in [-0.4, -0.2) is 23.6 Å². The average molecular weight is 371 g/mol. The van der Waals surface area contributed by atoms with Crippen molar-refractivity contribution in [2.45, 2.75) is 127 Å². The van der Waals surface area contributed by atoms with Crippen LogP contribution < -0.4 is 0 Å². The zero-order valence-electron chi connectivity index (χ0n) is 16.9. The van der Waals surface area contributed by atoms with E-state index < -0.39 is 0 Å². The number of methoxy groups -OCH3 is 1. The molecular formula is C22H42O2S. The number of hydrogen-bond donors (Lipinski definition) is 0. The van der Waals surface area contributed by atoms with Crippen LogP contribution in [0.25, 0.3) is 0 Å². The molecule has 0 aromatic carbocycles. The minimum atomic E-state index is -0.0618. The number of hydrogen-bond acceptors (Lipinski definition) is 3. The predicted octanol–water partition coefficient (Wildman–Crippen LogP) is 7.30. The van der Waals surface area contributed by atoms with Crippen LogP contribution >= 0.6 is 11.8 Å². The van der Waals surface area contributed by atoms with Crippen LogP contribution in [0.15, 0.2) is 0 Å². The first-order valence-electron chi connectivity index (χ1n) is 11.0. The lowest BCUT2D eigenvalue weighted by Crippen LogP contribution is -1.99. The number of unbranched alkanes of at least 4 members (excludes halogenated alkanes) is 12. The number of thioether (sulfide) groups is 1. The second-order valence-corrected chi connectivity index (χ2v) is 9.20. The molecule has 0 N–H and O–H groups in total. The van der Waals surface area contributed by atoms with E-state index in [2.05, 4.69) is 23.4 Å². The van der Waals surface area contributed by atoms with Crippen molar-refractivity contribution in [1.82, 2.24) is 0 Å². The van der Waals surface area contributed by atoms with Crippen molar-refractivity contribution in [3.63, 3.8) is 0 Å². The molecule has 2 nitrogen and oxygen atoms in total. The fraction of sp³-hybridized carbons (Fsp3) is 0.955. The summed E-state index contributed by atoms with van der Waals surface area (Å²) in [5.74, 6) is -0.0618. The third kappa shape index (κ3) is 13.7. The van der Waals surface area contributed by atoms with Crippen molar-refractivity contribution >= 4 is 17.7 Å². The lowest BCUT2D eigenvalue weighted by Gasteiger charge is -2.02. The van der Waals surface area contributed by atoms with Gasteiger partial charge in [0.15, 0.2) is 0 Å². The molecule has 0 radical (unpaired) electrons. The molecule has 0 amide bonds. The van der Waals surface area contributed by atoms with Gasteiger partial charge in [0.05, 0.1) is 7.11 Å². The fourth-order valence-corrected chi connectivity index (χ4v) is 4.83. The average Bonchev–Trinajstić information content (AvgIpc) is 3.37. The number of carbonyl (C=O) groups excluding carboxylic acids is 1. The van der Waals surface area contributed by atoms with Crippen LogP contribution in [0.2, 0.25) is 0 Å². The predicted molar refractivity (Wildman–Crippen MR) is 111 cm³/mol. The molecule has 1 heterocycles. The van der Waals surface area contributed by atoms with Gasteiger partial charge in [0.1, 0.15) is 0 Å². The highest BCUT2D eigenvalue weighted by Crippen LogP contribution is 2.47. The second-order valence-electron chi connectivity index (χ2n) is 7.71. The zero-order valence-corrected chi connectivity index (χ0v) is 17.7. The highest BCUT2D eigenvalue weighted by atomic mass is 32.2. The van der Waals surface area contributed by atoms with Crippen molar-refractivity contribution in [3.05, 3.63) is 0 Å². The maximum absolute atomic E-state index is 11.0. The van der Waals surface area contributed by atoms with E-state index in [1.54, 1.807) is 0 Å². The number of carbonyl (C=O) groups is 1. The Bertz CT molecular complexity index is 319. The van der Waals surface area contributed by atoms with Crippen molar-refractivity contribution in [1.29, 1.82) is 0 Å². The molecule has 2 atom stereocenters. The molecule has 0 aromatic heterocycles. The maximum Gasteiger partial charge on any atom is 0.305 e. The molecule has 3 heteroatoms. The van der Waals surface area contributed by atoms with Gasteiger partial charge in [0.25, 0.3) is 0 Å². The highest BCUT2D eigenvalue weighted by molar-refractivity contribution is 8.07. The van der Waals surface area contributed by atoms with Crippen LogP contribution in [0, 0.1) is 0 Å². The Morgan fingerprint density at radius 2 is 1.16 bits per heavy atom. The van der Waals surface area contributed by atoms with Gasteiger partial charge in [-0.15, -0.1) is 0 Å². The van der Waals surface area contributed by atoms with E-state index in [0.717, 1.165) is 16.9 Å². The van der Waals surface area contributed by atoms with Gasteiger partial charge in [-0.25, -0.2) is 0 Å². The summed E-state index contributed by atoms with van der Waals surface area (Å²) in [6, 6.07) is 0. The molecule has 1 aliphatic rings. The molecule has 0 aromatic rings. The molecular weight excluding hydrogens is 328 g/mol. The van der Waals surface area contributed by atoms with Crippen LogP contribution in [0.3, 0.4) is 0 Å². The first-order valence-corrected chi connectivity index (χ1v) is 11.9. The Morgan fingerprint density at radius 1 is 0.720 bits per heavy atom. The van der Waals surface area contributed by atoms with Gasteiger partial charge < -0.3 is 4.74 Å². The summed E-state index contributed by atoms with van der Waals surface area (Å²) < 4.78 is 4.66. The SMILES string of the molecule is CCCCCCCCCCC1SC1CCCCCCCCC(=O)OC. The maximum atomic E-state index is 11.0. The quantitative estimate of drug-likeness (QED) is 0.144. The highest BCUT2D eigenvalue weighted by Gasteiger charge is 2.36. The van der Waals surface area contributed by atoms with Gasteiger partial charge in [0, 0.05) is 16.9 Å². The standard InChI is InChI=1S/C22H42O2S/c1-3-4-5-6-7-8-11-14-17-20-21(25-20)18-15-12-9-10-13-16-19-22(23)24-2/h20-21H,3-19H2,1-2H3. The topological polar surface area (TPSA) is 26.3 Å². The first-order chi connectivity index (χ1) is 12.3. The third-order valence-corrected chi connectivity index (χ3v) is 6.89. The smallest absolute Gasteiger partial charge is 0.305 e. The van der Waals surface area contributed by atoms with E-state index >= 15 is 0 Å². The molecule has 1 aliphatic heterocycles. The summed E-state index contributed by atoms with van der Waals surface area (Å²) in [5.41, 5.74) is 0. The molecule has 0 aliphatic carbocycles. The van der Waals surface area contributed by atoms with Gasteiger partial charge in [-0.1, -0.05) is 90.4 Å². The van der Waals surface area contributed by atoms with Crippen LogP contribution in [0.4, 0.5) is 0 Å². The minimum Gasteiger partial charge on any atom is -0.469 e. The van der Waals surface area contributed by atoms with E-state index in [9.17, 15) is 4.79 Å². The Labute approximate surface area is 161 Å². The van der Waals surface area contributed by atoms with Gasteiger partial charge >= 0.3 is 5.97 Å². The van der Waals surface area contributed by atoms with E-state index in [1.807, 2.05) is 0 Å². The van der Waals surface area contributed by atoms with Crippen molar-refractivity contribution in [3.8, 4) is 0 Å². The van der Waals surface area contributed by atoms with Crippen LogP contribution in [0.1, 0.15) is 116 Å². The Hall–Kier alpha value is -0.180. The normalized spacial score (nSPS) is 19.1. The van der Waals surface area contributed by atoms with E-state index in [1.165, 1.54) is 103 Å². The summed E-state index contributed by atoms with van der Waals surface area (Å²) in [5, 5.41) is 1.99. The van der Waals surface area contributed by atoms with Crippen molar-refractivity contribution < 1.29 is 9.53 Å². The molecule has 2 unspecified atom stereocenters. The summed E-state index contributed by atoms with van der Waals surface area (Å²) in [4.78, 5) is 11.0. The Kier molecular flexibility index (Phi) is 14.7. The van der Waals surface area contributed by atoms with Gasteiger partial charge in [-0.3, -0.25) is 4.79 Å². The summed E-state index contributed by atoms with van der Waals surface area (Å²) >= 11 is 2.24. The molecule has 1 saturated heterocycles. The lowest BCUT2D eigenvalue weighted by atomic mass is 10.0. The zero-order chi connectivity index (χ0) is 18.2. The largest absolute Gasteiger partial charge is 0.469 e. The summed E-state index contributed by atoms with van der Waals surface area (Å²) in [7, 11) is 1.47. The molecule has 25 heavy (non-hydrogen) atoms. The minimum absolute atomic E-state index is 0.0618. The Morgan fingerprint density at radius 3 is 1.64 bits per heavy atom. The number of esters is 1. The van der Waals surface area contributed by atoms with Gasteiger partial charge in [-0.2, -0.15) is 11.8 Å². The Balaban J connectivity index is 1.75.